The van der Waals surface area contributed by atoms with Crippen molar-refractivity contribution < 1.29 is 17.9 Å². The quantitative estimate of drug-likeness (QED) is 0.503. The van der Waals surface area contributed by atoms with Crippen LogP contribution in [0.25, 0.3) is 11.4 Å². The molecule has 168 valence electrons. The Balaban J connectivity index is 1.43. The van der Waals surface area contributed by atoms with E-state index in [1.54, 1.807) is 12.0 Å². The summed E-state index contributed by atoms with van der Waals surface area (Å²) in [5.41, 5.74) is 1.83. The number of benzene rings is 2. The van der Waals surface area contributed by atoms with Gasteiger partial charge in [-0.15, -0.1) is 5.10 Å². The molecular formula is C22H24N4O4S2. The minimum Gasteiger partial charge on any atom is -0.497 e. The van der Waals surface area contributed by atoms with E-state index in [0.29, 0.717) is 23.9 Å². The van der Waals surface area contributed by atoms with E-state index in [4.69, 9.17) is 4.74 Å². The SMILES string of the molecule is COc1ccc(-c2nc(SCC(=O)N(Cc3ccccc3)C3CCS(=O)(=O)C3)n[nH]2)cc1. The lowest BCUT2D eigenvalue weighted by atomic mass is 10.1. The van der Waals surface area contributed by atoms with Gasteiger partial charge in [-0.1, -0.05) is 42.1 Å². The monoisotopic (exact) mass is 472 g/mol. The molecule has 10 heteroatoms. The molecule has 0 aliphatic carbocycles. The van der Waals surface area contributed by atoms with Crippen molar-refractivity contribution in [2.24, 2.45) is 0 Å². The lowest BCUT2D eigenvalue weighted by Crippen LogP contribution is -2.41. The van der Waals surface area contributed by atoms with Gasteiger partial charge in [0.25, 0.3) is 0 Å². The Hall–Kier alpha value is -2.85. The van der Waals surface area contributed by atoms with Crippen molar-refractivity contribution in [1.82, 2.24) is 20.1 Å². The summed E-state index contributed by atoms with van der Waals surface area (Å²) < 4.78 is 29.2. The highest BCUT2D eigenvalue weighted by Gasteiger charge is 2.34. The Morgan fingerprint density at radius 3 is 2.59 bits per heavy atom. The molecule has 4 rings (SSSR count). The maximum absolute atomic E-state index is 13.1. The third kappa shape index (κ3) is 5.49. The van der Waals surface area contributed by atoms with Crippen LogP contribution in [0.2, 0.25) is 0 Å². The van der Waals surface area contributed by atoms with Crippen LogP contribution in [-0.2, 0) is 21.2 Å². The van der Waals surface area contributed by atoms with Crippen molar-refractivity contribution in [2.75, 3.05) is 24.4 Å². The van der Waals surface area contributed by atoms with Gasteiger partial charge in [-0.2, -0.15) is 0 Å². The zero-order valence-electron chi connectivity index (χ0n) is 17.6. The standard InChI is InChI=1S/C22H24N4O4S2/c1-30-19-9-7-17(8-10-19)21-23-22(25-24-21)31-14-20(27)26(13-16-5-3-2-4-6-16)18-11-12-32(28,29)15-18/h2-10,18H,11-15H2,1H3,(H,23,24,25). The van der Waals surface area contributed by atoms with Gasteiger partial charge < -0.3 is 9.64 Å². The van der Waals surface area contributed by atoms with Crippen LogP contribution in [0.4, 0.5) is 0 Å². The number of hydrogen-bond donors (Lipinski definition) is 1. The van der Waals surface area contributed by atoms with E-state index in [1.165, 1.54) is 11.8 Å². The molecule has 0 radical (unpaired) electrons. The van der Waals surface area contributed by atoms with Gasteiger partial charge in [0.05, 0.1) is 24.4 Å². The Labute approximate surface area is 191 Å². The molecule has 1 unspecified atom stereocenters. The highest BCUT2D eigenvalue weighted by Crippen LogP contribution is 2.24. The number of ether oxygens (including phenoxy) is 1. The number of amides is 1. The van der Waals surface area contributed by atoms with Crippen LogP contribution >= 0.6 is 11.8 Å². The molecule has 3 aromatic rings. The van der Waals surface area contributed by atoms with E-state index in [9.17, 15) is 13.2 Å². The minimum absolute atomic E-state index is 0.0124. The first-order valence-electron chi connectivity index (χ1n) is 10.2. The number of rotatable bonds is 8. The fourth-order valence-electron chi connectivity index (χ4n) is 3.62. The Morgan fingerprint density at radius 1 is 1.19 bits per heavy atom. The average molecular weight is 473 g/mol. The molecule has 0 saturated carbocycles. The lowest BCUT2D eigenvalue weighted by Gasteiger charge is -2.28. The summed E-state index contributed by atoms with van der Waals surface area (Å²) in [6, 6.07) is 16.7. The fraction of sp³-hybridized carbons (Fsp3) is 0.318. The summed E-state index contributed by atoms with van der Waals surface area (Å²) in [6.45, 7) is 0.380. The van der Waals surface area contributed by atoms with E-state index < -0.39 is 9.84 Å². The summed E-state index contributed by atoms with van der Waals surface area (Å²) in [4.78, 5) is 19.2. The summed E-state index contributed by atoms with van der Waals surface area (Å²) in [5.74, 6) is 1.49. The second-order valence-corrected chi connectivity index (χ2v) is 10.7. The molecule has 2 aromatic carbocycles. The summed E-state index contributed by atoms with van der Waals surface area (Å²) in [5, 5.41) is 7.55. The molecule has 0 spiro atoms. The maximum atomic E-state index is 13.1. The zero-order valence-corrected chi connectivity index (χ0v) is 19.2. The number of nitrogens with zero attached hydrogens (tertiary/aromatic N) is 3. The molecule has 1 N–H and O–H groups in total. The molecule has 0 bridgehead atoms. The topological polar surface area (TPSA) is 105 Å². The van der Waals surface area contributed by atoms with Gasteiger partial charge >= 0.3 is 0 Å². The van der Waals surface area contributed by atoms with Crippen molar-refractivity contribution in [3.8, 4) is 17.1 Å². The largest absolute Gasteiger partial charge is 0.497 e. The zero-order chi connectivity index (χ0) is 22.6. The average Bonchev–Trinajstić information content (AvgIpc) is 3.43. The summed E-state index contributed by atoms with van der Waals surface area (Å²) in [7, 11) is -1.50. The third-order valence-electron chi connectivity index (χ3n) is 5.32. The molecule has 1 aliphatic heterocycles. The highest BCUT2D eigenvalue weighted by atomic mass is 32.2. The van der Waals surface area contributed by atoms with Gasteiger partial charge in [-0.3, -0.25) is 9.89 Å². The van der Waals surface area contributed by atoms with E-state index in [0.717, 1.165) is 16.9 Å². The van der Waals surface area contributed by atoms with E-state index in [-0.39, 0.29) is 29.2 Å². The molecule has 1 saturated heterocycles. The van der Waals surface area contributed by atoms with Crippen molar-refractivity contribution in [3.63, 3.8) is 0 Å². The van der Waals surface area contributed by atoms with Crippen LogP contribution in [0.5, 0.6) is 5.75 Å². The van der Waals surface area contributed by atoms with E-state index in [1.807, 2.05) is 54.6 Å². The van der Waals surface area contributed by atoms with Crippen LogP contribution in [0, 0.1) is 0 Å². The van der Waals surface area contributed by atoms with E-state index >= 15 is 0 Å². The highest BCUT2D eigenvalue weighted by molar-refractivity contribution is 7.99. The second-order valence-electron chi connectivity index (χ2n) is 7.55. The van der Waals surface area contributed by atoms with Gasteiger partial charge in [0.2, 0.25) is 11.1 Å². The van der Waals surface area contributed by atoms with Gasteiger partial charge in [-0.25, -0.2) is 13.4 Å². The molecule has 2 heterocycles. The number of carbonyl (C=O) groups is 1. The van der Waals surface area contributed by atoms with Crippen molar-refractivity contribution in [3.05, 3.63) is 60.2 Å². The molecule has 32 heavy (non-hydrogen) atoms. The number of aromatic amines is 1. The maximum Gasteiger partial charge on any atom is 0.233 e. The Kier molecular flexibility index (Phi) is 6.80. The number of thioether (sulfide) groups is 1. The number of carbonyl (C=O) groups excluding carboxylic acids is 1. The van der Waals surface area contributed by atoms with Gasteiger partial charge in [0, 0.05) is 18.2 Å². The number of aromatic nitrogens is 3. The second kappa shape index (κ2) is 9.74. The normalized spacial score (nSPS) is 17.2. The fourth-order valence-corrected chi connectivity index (χ4v) is 6.04. The van der Waals surface area contributed by atoms with Crippen LogP contribution < -0.4 is 4.74 Å². The summed E-state index contributed by atoms with van der Waals surface area (Å²) in [6.07, 6.45) is 0.466. The van der Waals surface area contributed by atoms with Crippen molar-refractivity contribution in [2.45, 2.75) is 24.2 Å². The van der Waals surface area contributed by atoms with Crippen LogP contribution in [0.15, 0.2) is 59.8 Å². The predicted octanol–water partition coefficient (Wildman–Crippen LogP) is 2.79. The number of sulfone groups is 1. The number of methoxy groups -OCH3 is 1. The molecule has 1 amide bonds. The van der Waals surface area contributed by atoms with Gasteiger partial charge in [0.1, 0.15) is 5.75 Å². The first-order valence-corrected chi connectivity index (χ1v) is 13.0. The van der Waals surface area contributed by atoms with E-state index in [2.05, 4.69) is 15.2 Å². The third-order valence-corrected chi connectivity index (χ3v) is 7.90. The van der Waals surface area contributed by atoms with Crippen molar-refractivity contribution in [1.29, 1.82) is 0 Å². The minimum atomic E-state index is -3.11. The predicted molar refractivity (Wildman–Crippen MR) is 123 cm³/mol. The first-order chi connectivity index (χ1) is 15.4. The molecule has 1 aromatic heterocycles. The number of nitrogens with one attached hydrogen (secondary N) is 1. The molecule has 8 nitrogen and oxygen atoms in total. The Morgan fingerprint density at radius 2 is 1.94 bits per heavy atom. The number of hydrogen-bond acceptors (Lipinski definition) is 7. The van der Waals surface area contributed by atoms with Crippen LogP contribution in [-0.4, -0.2) is 64.8 Å². The molecule has 1 fully saturated rings. The van der Waals surface area contributed by atoms with Crippen molar-refractivity contribution >= 4 is 27.5 Å². The smallest absolute Gasteiger partial charge is 0.233 e. The summed E-state index contributed by atoms with van der Waals surface area (Å²) >= 11 is 1.23. The number of H-pyrrole nitrogens is 1. The van der Waals surface area contributed by atoms with Gasteiger partial charge in [0.15, 0.2) is 15.7 Å². The first kappa shape index (κ1) is 22.3. The lowest BCUT2D eigenvalue weighted by molar-refractivity contribution is -0.130. The van der Waals surface area contributed by atoms with Crippen LogP contribution in [0.3, 0.4) is 0 Å². The molecule has 1 aliphatic rings. The van der Waals surface area contributed by atoms with Crippen LogP contribution in [0.1, 0.15) is 12.0 Å². The Bertz CT molecular complexity index is 1160. The molecule has 1 atom stereocenters. The molecular weight excluding hydrogens is 448 g/mol. The van der Waals surface area contributed by atoms with Gasteiger partial charge in [-0.05, 0) is 36.2 Å².